The minimum Gasteiger partial charge on any atom is -0.497 e. The molecule has 0 aliphatic heterocycles. The number of amides is 1. The molecule has 1 aliphatic rings. The monoisotopic (exact) mass is 532 g/mol. The molecule has 3 aromatic rings. The van der Waals surface area contributed by atoms with Gasteiger partial charge in [-0.3, -0.25) is 4.79 Å². The molecule has 0 radical (unpaired) electrons. The molecular formula is C27H24N4O4S2. The van der Waals surface area contributed by atoms with Gasteiger partial charge in [0.05, 0.1) is 30.6 Å². The molecule has 0 atom stereocenters. The molecule has 1 amide bonds. The van der Waals surface area contributed by atoms with Gasteiger partial charge in [0.15, 0.2) is 0 Å². The van der Waals surface area contributed by atoms with Crippen LogP contribution in [-0.4, -0.2) is 36.3 Å². The van der Waals surface area contributed by atoms with Crippen LogP contribution in [0.5, 0.6) is 5.75 Å². The van der Waals surface area contributed by atoms with Gasteiger partial charge in [-0.1, -0.05) is 23.9 Å². The van der Waals surface area contributed by atoms with Gasteiger partial charge < -0.3 is 14.8 Å². The van der Waals surface area contributed by atoms with Crippen LogP contribution in [-0.2, 0) is 22.4 Å². The summed E-state index contributed by atoms with van der Waals surface area (Å²) in [5, 5.41) is 23.2. The van der Waals surface area contributed by atoms with Crippen molar-refractivity contribution in [3.05, 3.63) is 57.1 Å². The Balaban J connectivity index is 1.59. The van der Waals surface area contributed by atoms with Gasteiger partial charge in [0, 0.05) is 11.3 Å². The van der Waals surface area contributed by atoms with Gasteiger partial charge in [-0.25, -0.2) is 9.78 Å². The number of nitrogens with zero attached hydrogens (tertiary/aromatic N) is 3. The van der Waals surface area contributed by atoms with Crippen molar-refractivity contribution in [2.75, 3.05) is 24.8 Å². The Labute approximate surface area is 223 Å². The molecule has 0 saturated carbocycles. The van der Waals surface area contributed by atoms with Crippen molar-refractivity contribution in [3.8, 4) is 29.0 Å². The zero-order valence-corrected chi connectivity index (χ0v) is 22.3. The highest BCUT2D eigenvalue weighted by atomic mass is 32.2. The van der Waals surface area contributed by atoms with E-state index in [1.165, 1.54) is 11.8 Å². The van der Waals surface area contributed by atoms with Crippen LogP contribution in [0.1, 0.15) is 51.0 Å². The van der Waals surface area contributed by atoms with E-state index >= 15 is 0 Å². The third kappa shape index (κ3) is 5.31. The third-order valence-corrected chi connectivity index (χ3v) is 8.16. The lowest BCUT2D eigenvalue weighted by Crippen LogP contribution is -2.14. The number of rotatable bonds is 8. The molecule has 2 heterocycles. The van der Waals surface area contributed by atoms with Crippen molar-refractivity contribution in [2.45, 2.75) is 38.1 Å². The van der Waals surface area contributed by atoms with Gasteiger partial charge in [-0.05, 0) is 61.9 Å². The molecule has 0 fully saturated rings. The van der Waals surface area contributed by atoms with Gasteiger partial charge in [0.2, 0.25) is 5.91 Å². The predicted molar refractivity (Wildman–Crippen MR) is 142 cm³/mol. The minimum absolute atomic E-state index is 0.0148. The molecule has 0 bridgehead atoms. The minimum atomic E-state index is -0.525. The first-order valence-electron chi connectivity index (χ1n) is 11.6. The number of hydrogen-bond donors (Lipinski definition) is 1. The first kappa shape index (κ1) is 26.2. The van der Waals surface area contributed by atoms with Gasteiger partial charge in [-0.15, -0.1) is 11.3 Å². The highest BCUT2D eigenvalue weighted by molar-refractivity contribution is 8.00. The second kappa shape index (κ2) is 11.5. The Morgan fingerprint density at radius 3 is 2.54 bits per heavy atom. The second-order valence-electron chi connectivity index (χ2n) is 8.22. The SMILES string of the molecule is CCOC(=O)c1sc(NC(=O)CSc2nc3c(c(-c4ccc(OC)cc4)c2C#N)CCC3)c(C#N)c1C. The standard InChI is InChI=1S/C27H24N4O4S2/c1-4-35-27(33)24-15(2)19(12-28)26(37-24)31-22(32)14-36-25-20(13-29)23(18-6-5-7-21(18)30-25)16-8-10-17(34-3)11-9-16/h8-11H,4-7,14H2,1-3H3,(H,31,32). The summed E-state index contributed by atoms with van der Waals surface area (Å²) in [6.45, 7) is 3.57. The highest BCUT2D eigenvalue weighted by Gasteiger charge is 2.26. The van der Waals surface area contributed by atoms with Crippen LogP contribution in [0, 0.1) is 29.6 Å². The van der Waals surface area contributed by atoms with Crippen molar-refractivity contribution in [1.29, 1.82) is 10.5 Å². The number of nitrogens with one attached hydrogen (secondary N) is 1. The number of carbonyl (C=O) groups is 2. The van der Waals surface area contributed by atoms with Crippen molar-refractivity contribution in [1.82, 2.24) is 4.98 Å². The van der Waals surface area contributed by atoms with E-state index in [1.54, 1.807) is 21.0 Å². The van der Waals surface area contributed by atoms with E-state index < -0.39 is 5.97 Å². The quantitative estimate of drug-likeness (QED) is 0.307. The molecule has 188 valence electrons. The molecule has 2 aromatic heterocycles. The summed E-state index contributed by atoms with van der Waals surface area (Å²) in [7, 11) is 1.61. The van der Waals surface area contributed by atoms with Crippen molar-refractivity contribution < 1.29 is 19.1 Å². The predicted octanol–water partition coefficient (Wildman–Crippen LogP) is 5.27. The molecule has 4 rings (SSSR count). The van der Waals surface area contributed by atoms with Crippen LogP contribution in [0.3, 0.4) is 0 Å². The van der Waals surface area contributed by atoms with Crippen molar-refractivity contribution in [3.63, 3.8) is 0 Å². The molecule has 10 heteroatoms. The smallest absolute Gasteiger partial charge is 0.348 e. The zero-order valence-electron chi connectivity index (χ0n) is 20.6. The highest BCUT2D eigenvalue weighted by Crippen LogP contribution is 2.39. The summed E-state index contributed by atoms with van der Waals surface area (Å²) in [5.74, 6) is -0.177. The molecule has 8 nitrogen and oxygen atoms in total. The lowest BCUT2D eigenvalue weighted by Gasteiger charge is -2.15. The molecule has 1 N–H and O–H groups in total. The number of aryl methyl sites for hydroxylation is 1. The number of carbonyl (C=O) groups excluding carboxylic acids is 2. The van der Waals surface area contributed by atoms with Crippen LogP contribution in [0.4, 0.5) is 5.00 Å². The number of pyridine rings is 1. The summed E-state index contributed by atoms with van der Waals surface area (Å²) in [4.78, 5) is 30.1. The Morgan fingerprint density at radius 1 is 1.16 bits per heavy atom. The zero-order chi connectivity index (χ0) is 26.5. The van der Waals surface area contributed by atoms with E-state index in [0.717, 1.165) is 58.7 Å². The number of anilines is 1. The van der Waals surface area contributed by atoms with E-state index in [2.05, 4.69) is 17.5 Å². The van der Waals surface area contributed by atoms with Gasteiger partial charge in [0.1, 0.15) is 32.8 Å². The van der Waals surface area contributed by atoms with Crippen molar-refractivity contribution in [2.24, 2.45) is 0 Å². The number of benzene rings is 1. The molecule has 0 saturated heterocycles. The fourth-order valence-electron chi connectivity index (χ4n) is 4.27. The van der Waals surface area contributed by atoms with Gasteiger partial charge >= 0.3 is 5.97 Å². The van der Waals surface area contributed by atoms with Crippen LogP contribution in [0.15, 0.2) is 29.3 Å². The molecular weight excluding hydrogens is 508 g/mol. The number of hydrogen-bond acceptors (Lipinski definition) is 9. The van der Waals surface area contributed by atoms with E-state index in [4.69, 9.17) is 14.5 Å². The van der Waals surface area contributed by atoms with E-state index in [-0.39, 0.29) is 28.7 Å². The first-order chi connectivity index (χ1) is 17.9. The Bertz CT molecular complexity index is 1450. The number of thioether (sulfide) groups is 1. The normalized spacial score (nSPS) is 11.8. The van der Waals surface area contributed by atoms with E-state index in [1.807, 2.05) is 24.3 Å². The number of esters is 1. The number of thiophene rings is 1. The summed E-state index contributed by atoms with van der Waals surface area (Å²) < 4.78 is 10.3. The Kier molecular flexibility index (Phi) is 8.12. The Morgan fingerprint density at radius 2 is 1.89 bits per heavy atom. The van der Waals surface area contributed by atoms with E-state index in [9.17, 15) is 20.1 Å². The fraction of sp³-hybridized carbons (Fsp3) is 0.296. The number of aromatic nitrogens is 1. The maximum atomic E-state index is 12.9. The summed E-state index contributed by atoms with van der Waals surface area (Å²) in [6.07, 6.45) is 2.63. The topological polar surface area (TPSA) is 125 Å². The number of nitriles is 2. The maximum absolute atomic E-state index is 12.9. The van der Waals surface area contributed by atoms with Crippen LogP contribution < -0.4 is 10.1 Å². The summed E-state index contributed by atoms with van der Waals surface area (Å²) >= 11 is 2.20. The summed E-state index contributed by atoms with van der Waals surface area (Å²) in [6, 6.07) is 11.9. The van der Waals surface area contributed by atoms with Gasteiger partial charge in [0.25, 0.3) is 0 Å². The van der Waals surface area contributed by atoms with Crippen LogP contribution in [0.25, 0.3) is 11.1 Å². The van der Waals surface area contributed by atoms with Crippen molar-refractivity contribution >= 4 is 40.0 Å². The molecule has 1 aromatic carbocycles. The molecule has 0 spiro atoms. The lowest BCUT2D eigenvalue weighted by molar-refractivity contribution is -0.113. The summed E-state index contributed by atoms with van der Waals surface area (Å²) in [5.41, 5.74) is 4.95. The number of ether oxygens (including phenoxy) is 2. The van der Waals surface area contributed by atoms with Crippen LogP contribution >= 0.6 is 23.1 Å². The lowest BCUT2D eigenvalue weighted by atomic mass is 9.95. The first-order valence-corrected chi connectivity index (χ1v) is 13.5. The maximum Gasteiger partial charge on any atom is 0.348 e. The fourth-order valence-corrected chi connectivity index (χ4v) is 6.14. The number of methoxy groups -OCH3 is 1. The largest absolute Gasteiger partial charge is 0.497 e. The Hall–Kier alpha value is -3.86. The average Bonchev–Trinajstić information content (AvgIpc) is 3.50. The second-order valence-corrected chi connectivity index (χ2v) is 10.2. The number of fused-ring (bicyclic) bond motifs is 1. The van der Waals surface area contributed by atoms with Crippen LogP contribution in [0.2, 0.25) is 0 Å². The molecule has 1 aliphatic carbocycles. The third-order valence-electron chi connectivity index (χ3n) is 5.99. The molecule has 37 heavy (non-hydrogen) atoms. The average molecular weight is 533 g/mol. The van der Waals surface area contributed by atoms with E-state index in [0.29, 0.717) is 21.2 Å². The molecule has 0 unspecified atom stereocenters. The van der Waals surface area contributed by atoms with Gasteiger partial charge in [-0.2, -0.15) is 10.5 Å².